The first kappa shape index (κ1) is 26.6. The second kappa shape index (κ2) is 8.62. The molecule has 0 bridgehead atoms. The summed E-state index contributed by atoms with van der Waals surface area (Å²) < 4.78 is 118. The molecule has 0 amide bonds. The summed E-state index contributed by atoms with van der Waals surface area (Å²) in [6.45, 7) is 0. The topological polar surface area (TPSA) is 98.3 Å². The summed E-state index contributed by atoms with van der Waals surface area (Å²) >= 11 is 4.72. The largest absolute Gasteiger partial charge is 0.418 e. The second-order valence-corrected chi connectivity index (χ2v) is 7.58. The molecular formula is C15H4Br2F9N3O4. The molecule has 0 radical (unpaired) electrons. The van der Waals surface area contributed by atoms with E-state index in [9.17, 15) is 59.7 Å². The van der Waals surface area contributed by atoms with Crippen molar-refractivity contribution in [2.45, 2.75) is 18.5 Å². The number of halogens is 11. The molecule has 0 saturated carbocycles. The predicted molar refractivity (Wildman–Crippen MR) is 99.9 cm³/mol. The number of hydrogen-bond acceptors (Lipinski definition) is 5. The van der Waals surface area contributed by atoms with E-state index in [-0.39, 0.29) is 18.2 Å². The fraction of sp³-hybridized carbons (Fsp3) is 0.200. The molecule has 1 N–H and O–H groups in total. The Labute approximate surface area is 192 Å². The molecule has 0 spiro atoms. The van der Waals surface area contributed by atoms with Crippen molar-refractivity contribution in [3.8, 4) is 0 Å². The molecule has 0 aliphatic carbocycles. The van der Waals surface area contributed by atoms with E-state index in [2.05, 4.69) is 31.9 Å². The maximum absolute atomic E-state index is 13.5. The van der Waals surface area contributed by atoms with Crippen LogP contribution in [0.3, 0.4) is 0 Å². The molecule has 180 valence electrons. The third kappa shape index (κ3) is 5.48. The maximum atomic E-state index is 13.5. The summed E-state index contributed by atoms with van der Waals surface area (Å²) in [5.41, 5.74) is -11.9. The molecule has 18 heteroatoms. The lowest BCUT2D eigenvalue weighted by Crippen LogP contribution is -2.16. The van der Waals surface area contributed by atoms with Gasteiger partial charge in [-0.25, -0.2) is 0 Å². The Kier molecular flexibility index (Phi) is 6.95. The standard InChI is InChI=1S/C15H4Br2F9N3O4/c16-9-5(13(18,19)20)3-6(14(21,22)23)10(17)12(9)27-11-7(15(24,25)26)1-4(28(30)31)2-8(11)29(32)33/h1-3,27H. The fourth-order valence-corrected chi connectivity index (χ4v) is 4.04. The van der Waals surface area contributed by atoms with Crippen LogP contribution in [-0.4, -0.2) is 9.85 Å². The van der Waals surface area contributed by atoms with Crippen LogP contribution >= 0.6 is 31.9 Å². The Morgan fingerprint density at radius 2 is 1.09 bits per heavy atom. The zero-order valence-corrected chi connectivity index (χ0v) is 18.1. The van der Waals surface area contributed by atoms with Gasteiger partial charge in [0.05, 0.1) is 47.2 Å². The van der Waals surface area contributed by atoms with Gasteiger partial charge in [0.1, 0.15) is 5.69 Å². The van der Waals surface area contributed by atoms with Gasteiger partial charge in [0, 0.05) is 6.07 Å². The number of rotatable bonds is 4. The van der Waals surface area contributed by atoms with Crippen LogP contribution in [0.5, 0.6) is 0 Å². The second-order valence-electron chi connectivity index (χ2n) is 5.99. The van der Waals surface area contributed by atoms with E-state index in [4.69, 9.17) is 0 Å². The van der Waals surface area contributed by atoms with Crippen LogP contribution in [0.2, 0.25) is 0 Å². The molecule has 7 nitrogen and oxygen atoms in total. The average molecular weight is 621 g/mol. The third-order valence-corrected chi connectivity index (χ3v) is 5.52. The molecule has 0 fully saturated rings. The van der Waals surface area contributed by atoms with E-state index < -0.39 is 76.8 Å². The highest BCUT2D eigenvalue weighted by molar-refractivity contribution is 9.11. The molecular weight excluding hydrogens is 617 g/mol. The first-order valence-electron chi connectivity index (χ1n) is 7.74. The third-order valence-electron chi connectivity index (χ3n) is 3.88. The molecule has 0 saturated heterocycles. The molecule has 33 heavy (non-hydrogen) atoms. The average Bonchev–Trinajstić information content (AvgIpc) is 2.61. The monoisotopic (exact) mass is 619 g/mol. The van der Waals surface area contributed by atoms with Crippen LogP contribution in [0, 0.1) is 20.2 Å². The van der Waals surface area contributed by atoms with Crippen LogP contribution in [0.15, 0.2) is 27.1 Å². The van der Waals surface area contributed by atoms with Crippen molar-refractivity contribution in [2.75, 3.05) is 5.32 Å². The van der Waals surface area contributed by atoms with Gasteiger partial charge in [-0.05, 0) is 37.9 Å². The summed E-state index contributed by atoms with van der Waals surface area (Å²) in [6.07, 6.45) is -16.4. The smallest absolute Gasteiger partial charge is 0.348 e. The maximum Gasteiger partial charge on any atom is 0.418 e. The van der Waals surface area contributed by atoms with Crippen LogP contribution in [0.1, 0.15) is 16.7 Å². The number of anilines is 2. The summed E-state index contributed by atoms with van der Waals surface area (Å²) in [6, 6.07) is -0.415. The van der Waals surface area contributed by atoms with E-state index in [0.29, 0.717) is 0 Å². The van der Waals surface area contributed by atoms with Gasteiger partial charge in [-0.2, -0.15) is 39.5 Å². The predicted octanol–water partition coefficient (Wildman–Crippen LogP) is 7.83. The van der Waals surface area contributed by atoms with E-state index in [1.54, 1.807) is 5.32 Å². The Bertz CT molecular complexity index is 1110. The Hall–Kier alpha value is -2.63. The highest BCUT2D eigenvalue weighted by atomic mass is 79.9. The summed E-state index contributed by atoms with van der Waals surface area (Å²) in [5.74, 6) is 0. The van der Waals surface area contributed by atoms with Crippen LogP contribution in [0.4, 0.5) is 62.3 Å². The quantitative estimate of drug-likeness (QED) is 0.213. The molecule has 2 aromatic carbocycles. The molecule has 0 unspecified atom stereocenters. The minimum atomic E-state index is -5.54. The number of nitrogens with one attached hydrogen (secondary N) is 1. The summed E-state index contributed by atoms with van der Waals surface area (Å²) in [7, 11) is 0. The van der Waals surface area contributed by atoms with Gasteiger partial charge in [0.15, 0.2) is 0 Å². The van der Waals surface area contributed by atoms with Gasteiger partial charge in [-0.1, -0.05) is 0 Å². The SMILES string of the molecule is O=[N+]([O-])c1cc([N+](=O)[O-])c(Nc2c(Br)c(C(F)(F)F)cc(C(F)(F)F)c2Br)c(C(F)(F)F)c1. The van der Waals surface area contributed by atoms with Gasteiger partial charge < -0.3 is 5.32 Å². The van der Waals surface area contributed by atoms with E-state index >= 15 is 0 Å². The van der Waals surface area contributed by atoms with Crippen molar-refractivity contribution in [1.82, 2.24) is 0 Å². The molecule has 2 aromatic rings. The minimum absolute atomic E-state index is 0.0671. The Morgan fingerprint density at radius 3 is 1.42 bits per heavy atom. The summed E-state index contributed by atoms with van der Waals surface area (Å²) in [4.78, 5) is 19.2. The number of non-ortho nitro benzene ring substituents is 1. The van der Waals surface area contributed by atoms with Gasteiger partial charge >= 0.3 is 18.5 Å². The van der Waals surface area contributed by atoms with Crippen molar-refractivity contribution in [1.29, 1.82) is 0 Å². The van der Waals surface area contributed by atoms with Crippen LogP contribution in [-0.2, 0) is 18.5 Å². The Balaban J connectivity index is 2.98. The summed E-state index contributed by atoms with van der Waals surface area (Å²) in [5, 5.41) is 23.7. The molecule has 0 atom stereocenters. The lowest BCUT2D eigenvalue weighted by atomic mass is 10.1. The number of nitro benzene ring substituents is 2. The van der Waals surface area contributed by atoms with E-state index in [1.807, 2.05) is 0 Å². The zero-order valence-electron chi connectivity index (χ0n) is 14.9. The van der Waals surface area contributed by atoms with Gasteiger partial charge in [0.2, 0.25) is 0 Å². The Morgan fingerprint density at radius 1 is 0.667 bits per heavy atom. The lowest BCUT2D eigenvalue weighted by Gasteiger charge is -2.21. The van der Waals surface area contributed by atoms with Gasteiger partial charge in [-0.3, -0.25) is 20.2 Å². The number of nitrogens with zero attached hydrogens (tertiary/aromatic N) is 2. The number of alkyl halides is 9. The van der Waals surface area contributed by atoms with Gasteiger partial charge in [0.25, 0.3) is 11.4 Å². The molecule has 0 heterocycles. The van der Waals surface area contributed by atoms with Crippen molar-refractivity contribution >= 4 is 54.6 Å². The minimum Gasteiger partial charge on any atom is -0.348 e. The molecule has 0 aromatic heterocycles. The normalized spacial score (nSPS) is 12.6. The first-order chi connectivity index (χ1) is 14.8. The highest BCUT2D eigenvalue weighted by Crippen LogP contribution is 2.51. The lowest BCUT2D eigenvalue weighted by molar-refractivity contribution is -0.394. The fourth-order valence-electron chi connectivity index (χ4n) is 2.50. The highest BCUT2D eigenvalue weighted by Gasteiger charge is 2.43. The molecule has 0 aliphatic heterocycles. The zero-order chi connectivity index (χ0) is 25.7. The van der Waals surface area contributed by atoms with Crippen molar-refractivity contribution in [3.63, 3.8) is 0 Å². The van der Waals surface area contributed by atoms with Crippen LogP contribution < -0.4 is 5.32 Å². The first-order valence-corrected chi connectivity index (χ1v) is 9.32. The van der Waals surface area contributed by atoms with Crippen molar-refractivity contribution in [3.05, 3.63) is 64.1 Å². The van der Waals surface area contributed by atoms with E-state index in [1.165, 1.54) is 0 Å². The van der Waals surface area contributed by atoms with Crippen molar-refractivity contribution in [2.24, 2.45) is 0 Å². The number of nitro groups is 2. The van der Waals surface area contributed by atoms with Crippen molar-refractivity contribution < 1.29 is 49.4 Å². The molecule has 0 aliphatic rings. The van der Waals surface area contributed by atoms with E-state index in [0.717, 1.165) is 0 Å². The molecule has 2 rings (SSSR count). The van der Waals surface area contributed by atoms with Gasteiger partial charge in [-0.15, -0.1) is 0 Å². The number of benzene rings is 2. The number of hydrogen-bond donors (Lipinski definition) is 1. The van der Waals surface area contributed by atoms with Crippen LogP contribution in [0.25, 0.3) is 0 Å².